The maximum atomic E-state index is 13.6. The van der Waals surface area contributed by atoms with Gasteiger partial charge in [0, 0.05) is 18.0 Å². The quantitative estimate of drug-likeness (QED) is 0.727. The first-order valence-electron chi connectivity index (χ1n) is 6.33. The van der Waals surface area contributed by atoms with Gasteiger partial charge in [0.15, 0.2) is 10.8 Å². The van der Waals surface area contributed by atoms with Gasteiger partial charge in [0.05, 0.1) is 6.20 Å². The molecule has 0 aromatic carbocycles. The van der Waals surface area contributed by atoms with Crippen molar-refractivity contribution in [3.63, 3.8) is 0 Å². The SMILES string of the molecule is Fc1cnc2c([C@H]3C[C@@H]3c3cccnc3)cc(Cl)nn12. The summed E-state index contributed by atoms with van der Waals surface area (Å²) >= 11 is 5.98. The van der Waals surface area contributed by atoms with Crippen molar-refractivity contribution in [3.05, 3.63) is 59.0 Å². The van der Waals surface area contributed by atoms with Crippen molar-refractivity contribution in [2.45, 2.75) is 18.3 Å². The Bertz CT molecular complexity index is 786. The Morgan fingerprint density at radius 2 is 2.20 bits per heavy atom. The molecule has 0 spiro atoms. The van der Waals surface area contributed by atoms with Crippen LogP contribution in [-0.2, 0) is 0 Å². The molecule has 3 heterocycles. The van der Waals surface area contributed by atoms with Crippen molar-refractivity contribution >= 4 is 17.2 Å². The third-order valence-electron chi connectivity index (χ3n) is 3.73. The molecule has 0 saturated heterocycles. The molecule has 6 heteroatoms. The van der Waals surface area contributed by atoms with Crippen molar-refractivity contribution in [2.75, 3.05) is 0 Å². The van der Waals surface area contributed by atoms with Gasteiger partial charge < -0.3 is 0 Å². The molecule has 100 valence electrons. The second-order valence-electron chi connectivity index (χ2n) is 4.97. The molecule has 4 nitrogen and oxygen atoms in total. The van der Waals surface area contributed by atoms with Gasteiger partial charge in [-0.3, -0.25) is 4.98 Å². The molecule has 0 radical (unpaired) electrons. The lowest BCUT2D eigenvalue weighted by Gasteiger charge is -2.04. The van der Waals surface area contributed by atoms with E-state index in [1.54, 1.807) is 12.3 Å². The standard InChI is InChI=1S/C14H10ClFN4/c15-12-5-11(14-18-7-13(16)20(14)19-12)10-4-9(10)8-2-1-3-17-6-8/h1-3,5-7,9-10H,4H2/t9-,10+/m1/s1. The van der Waals surface area contributed by atoms with Gasteiger partial charge in [-0.25, -0.2) is 4.98 Å². The van der Waals surface area contributed by atoms with E-state index in [9.17, 15) is 4.39 Å². The predicted molar refractivity (Wildman–Crippen MR) is 72.3 cm³/mol. The molecule has 0 unspecified atom stereocenters. The molecule has 0 bridgehead atoms. The zero-order chi connectivity index (χ0) is 13.7. The molecule has 1 aliphatic rings. The summed E-state index contributed by atoms with van der Waals surface area (Å²) in [6.07, 6.45) is 5.79. The maximum Gasteiger partial charge on any atom is 0.234 e. The van der Waals surface area contributed by atoms with Crippen molar-refractivity contribution < 1.29 is 4.39 Å². The second-order valence-corrected chi connectivity index (χ2v) is 5.36. The molecule has 0 N–H and O–H groups in total. The number of halogens is 2. The van der Waals surface area contributed by atoms with Crippen molar-refractivity contribution in [1.82, 2.24) is 19.6 Å². The minimum absolute atomic E-state index is 0.279. The summed E-state index contributed by atoms with van der Waals surface area (Å²) in [7, 11) is 0. The van der Waals surface area contributed by atoms with Crippen LogP contribution in [0.1, 0.15) is 29.4 Å². The number of hydrogen-bond donors (Lipinski definition) is 0. The summed E-state index contributed by atoms with van der Waals surface area (Å²) in [6.45, 7) is 0. The Hall–Kier alpha value is -2.01. The second kappa shape index (κ2) is 4.24. The Balaban J connectivity index is 1.77. The zero-order valence-corrected chi connectivity index (χ0v) is 11.1. The highest BCUT2D eigenvalue weighted by Gasteiger charge is 2.41. The van der Waals surface area contributed by atoms with Crippen LogP contribution in [0.25, 0.3) is 5.65 Å². The molecule has 0 aliphatic heterocycles. The van der Waals surface area contributed by atoms with Crippen LogP contribution < -0.4 is 0 Å². The molecule has 1 saturated carbocycles. The monoisotopic (exact) mass is 288 g/mol. The largest absolute Gasteiger partial charge is 0.264 e. The van der Waals surface area contributed by atoms with E-state index in [0.717, 1.165) is 16.5 Å². The summed E-state index contributed by atoms with van der Waals surface area (Å²) < 4.78 is 14.7. The Morgan fingerprint density at radius 3 is 3.00 bits per heavy atom. The van der Waals surface area contributed by atoms with Gasteiger partial charge in [-0.1, -0.05) is 17.7 Å². The van der Waals surface area contributed by atoms with E-state index >= 15 is 0 Å². The Morgan fingerprint density at radius 1 is 1.30 bits per heavy atom. The number of rotatable bonds is 2. The lowest BCUT2D eigenvalue weighted by molar-refractivity contribution is 0.548. The van der Waals surface area contributed by atoms with Crippen molar-refractivity contribution in [1.29, 1.82) is 0 Å². The van der Waals surface area contributed by atoms with Crippen LogP contribution in [0.3, 0.4) is 0 Å². The third kappa shape index (κ3) is 1.78. The van der Waals surface area contributed by atoms with E-state index in [1.165, 1.54) is 11.8 Å². The third-order valence-corrected chi connectivity index (χ3v) is 3.91. The zero-order valence-electron chi connectivity index (χ0n) is 10.4. The summed E-state index contributed by atoms with van der Waals surface area (Å²) in [5, 5.41) is 4.21. The highest BCUT2D eigenvalue weighted by molar-refractivity contribution is 6.29. The van der Waals surface area contributed by atoms with Gasteiger partial charge in [-0.05, 0) is 36.0 Å². The molecule has 1 aliphatic carbocycles. The molecule has 4 rings (SSSR count). The number of hydrogen-bond acceptors (Lipinski definition) is 3. The van der Waals surface area contributed by atoms with Crippen molar-refractivity contribution in [2.24, 2.45) is 0 Å². The van der Waals surface area contributed by atoms with Gasteiger partial charge in [0.2, 0.25) is 5.95 Å². The highest BCUT2D eigenvalue weighted by Crippen LogP contribution is 2.55. The van der Waals surface area contributed by atoms with Crippen LogP contribution in [0.5, 0.6) is 0 Å². The van der Waals surface area contributed by atoms with Gasteiger partial charge in [-0.15, -0.1) is 0 Å². The molecular formula is C14H10ClFN4. The van der Waals surface area contributed by atoms with Crippen LogP contribution in [0.2, 0.25) is 5.15 Å². The molecular weight excluding hydrogens is 279 g/mol. The van der Waals surface area contributed by atoms with Gasteiger partial charge in [-0.2, -0.15) is 14.0 Å². The number of aromatic nitrogens is 4. The van der Waals surface area contributed by atoms with E-state index in [4.69, 9.17) is 11.6 Å². The Labute approximate surface area is 119 Å². The fourth-order valence-electron chi connectivity index (χ4n) is 2.71. The predicted octanol–water partition coefficient (Wildman–Crippen LogP) is 3.19. The average molecular weight is 289 g/mol. The lowest BCUT2D eigenvalue weighted by Crippen LogP contribution is -1.99. The van der Waals surface area contributed by atoms with Crippen LogP contribution >= 0.6 is 11.6 Å². The van der Waals surface area contributed by atoms with Gasteiger partial charge in [0.25, 0.3) is 0 Å². The summed E-state index contributed by atoms with van der Waals surface area (Å²) in [5.41, 5.74) is 2.68. The molecule has 20 heavy (non-hydrogen) atoms. The van der Waals surface area contributed by atoms with E-state index in [0.29, 0.717) is 17.5 Å². The number of nitrogens with zero attached hydrogens (tertiary/aromatic N) is 4. The minimum Gasteiger partial charge on any atom is -0.264 e. The first-order valence-corrected chi connectivity index (χ1v) is 6.71. The maximum absolute atomic E-state index is 13.6. The fourth-order valence-corrected chi connectivity index (χ4v) is 2.90. The topological polar surface area (TPSA) is 43.1 Å². The van der Waals surface area contributed by atoms with E-state index in [1.807, 2.05) is 12.3 Å². The van der Waals surface area contributed by atoms with Gasteiger partial charge >= 0.3 is 0 Å². The number of imidazole rings is 1. The van der Waals surface area contributed by atoms with E-state index in [-0.39, 0.29) is 5.15 Å². The smallest absolute Gasteiger partial charge is 0.234 e. The highest BCUT2D eigenvalue weighted by atomic mass is 35.5. The first kappa shape index (κ1) is 11.8. The molecule has 2 atom stereocenters. The Kier molecular flexibility index (Phi) is 2.50. The molecule has 3 aromatic heterocycles. The molecule has 3 aromatic rings. The van der Waals surface area contributed by atoms with Crippen LogP contribution in [-0.4, -0.2) is 19.6 Å². The van der Waals surface area contributed by atoms with Gasteiger partial charge in [0.1, 0.15) is 0 Å². The fraction of sp³-hybridized carbons (Fsp3) is 0.214. The summed E-state index contributed by atoms with van der Waals surface area (Å²) in [6, 6.07) is 5.77. The van der Waals surface area contributed by atoms with E-state index < -0.39 is 5.95 Å². The minimum atomic E-state index is -0.498. The van der Waals surface area contributed by atoms with E-state index in [2.05, 4.69) is 21.1 Å². The number of pyridine rings is 1. The average Bonchev–Trinajstić information content (AvgIpc) is 3.18. The van der Waals surface area contributed by atoms with Crippen LogP contribution in [0, 0.1) is 5.95 Å². The first-order chi connectivity index (χ1) is 9.74. The number of fused-ring (bicyclic) bond motifs is 1. The summed E-state index contributed by atoms with van der Waals surface area (Å²) in [5.74, 6) is 0.192. The van der Waals surface area contributed by atoms with Crippen LogP contribution in [0.15, 0.2) is 36.8 Å². The molecule has 0 amide bonds. The summed E-state index contributed by atoms with van der Waals surface area (Å²) in [4.78, 5) is 8.24. The van der Waals surface area contributed by atoms with Crippen LogP contribution in [0.4, 0.5) is 4.39 Å². The lowest BCUT2D eigenvalue weighted by atomic mass is 10.1. The van der Waals surface area contributed by atoms with Crippen molar-refractivity contribution in [3.8, 4) is 0 Å². The normalized spacial score (nSPS) is 21.3. The molecule has 1 fully saturated rings.